The summed E-state index contributed by atoms with van der Waals surface area (Å²) in [5, 5.41) is 9.01. The Morgan fingerprint density at radius 3 is 2.56 bits per heavy atom. The molecule has 3 N–H and O–H groups in total. The molecule has 10 heteroatoms. The van der Waals surface area contributed by atoms with Crippen molar-refractivity contribution in [3.8, 4) is 5.75 Å². The molecule has 9 nitrogen and oxygen atoms in total. The summed E-state index contributed by atoms with van der Waals surface area (Å²) in [6, 6.07) is 12.5. The van der Waals surface area contributed by atoms with Gasteiger partial charge in [0.15, 0.2) is 6.61 Å². The largest absolute Gasteiger partial charge is 0.483 e. The predicted octanol–water partition coefficient (Wildman–Crippen LogP) is 2.38. The Morgan fingerprint density at radius 2 is 1.84 bits per heavy atom. The zero-order valence-corrected chi connectivity index (χ0v) is 19.4. The van der Waals surface area contributed by atoms with E-state index in [2.05, 4.69) is 37.1 Å². The fraction of sp³-hybridized carbons (Fsp3) is 0.273. The van der Waals surface area contributed by atoms with Crippen LogP contribution in [0.2, 0.25) is 0 Å². The van der Waals surface area contributed by atoms with E-state index >= 15 is 0 Å². The van der Waals surface area contributed by atoms with Crippen molar-refractivity contribution in [3.05, 3.63) is 58.1 Å². The molecule has 2 rings (SSSR count). The normalized spacial score (nSPS) is 10.6. The first kappa shape index (κ1) is 25.0. The van der Waals surface area contributed by atoms with Crippen LogP contribution in [0.3, 0.4) is 0 Å². The topological polar surface area (TPSA) is 118 Å². The maximum absolute atomic E-state index is 12.2. The second-order valence-electron chi connectivity index (χ2n) is 6.69. The average Bonchev–Trinajstić information content (AvgIpc) is 2.77. The van der Waals surface area contributed by atoms with E-state index in [1.165, 1.54) is 6.21 Å². The van der Waals surface area contributed by atoms with Gasteiger partial charge in [0.2, 0.25) is 0 Å². The highest BCUT2D eigenvalue weighted by Gasteiger charge is 2.12. The molecule has 0 aliphatic heterocycles. The molecule has 0 radical (unpaired) electrons. The number of hydrazone groups is 1. The van der Waals surface area contributed by atoms with Crippen LogP contribution in [0.5, 0.6) is 5.75 Å². The molecular weight excluding hydrogens is 480 g/mol. The molecule has 0 heterocycles. The van der Waals surface area contributed by atoms with Gasteiger partial charge in [-0.15, -0.1) is 0 Å². The average molecular weight is 505 g/mol. The third-order valence-corrected chi connectivity index (χ3v) is 4.55. The molecular formula is C22H25BrN4O5. The van der Waals surface area contributed by atoms with Gasteiger partial charge in [-0.1, -0.05) is 33.6 Å². The lowest BCUT2D eigenvalue weighted by atomic mass is 10.2. The zero-order chi connectivity index (χ0) is 23.3. The van der Waals surface area contributed by atoms with Crippen molar-refractivity contribution in [1.29, 1.82) is 0 Å². The summed E-state index contributed by atoms with van der Waals surface area (Å²) in [6.45, 7) is 2.54. The molecule has 0 aliphatic rings. The fourth-order valence-electron chi connectivity index (χ4n) is 2.44. The lowest BCUT2D eigenvalue weighted by Crippen LogP contribution is -2.38. The smallest absolute Gasteiger partial charge is 0.329 e. The van der Waals surface area contributed by atoms with Crippen LogP contribution in [0.25, 0.3) is 0 Å². The van der Waals surface area contributed by atoms with E-state index in [1.807, 2.05) is 19.1 Å². The minimum Gasteiger partial charge on any atom is -0.483 e. The standard InChI is InChI=1S/C22H25BrN4O5/c1-15-4-7-18(8-5-15)26-20(28)14-32-19-9-6-17(23)12-16(19)13-25-27-22(30)21(29)24-10-3-11-31-2/h4-9,12-13H,3,10-11,14H2,1-2H3,(H,24,29)(H,26,28)(H,27,30)/b25-13-. The van der Waals surface area contributed by atoms with E-state index in [9.17, 15) is 14.4 Å². The van der Waals surface area contributed by atoms with Crippen molar-refractivity contribution in [1.82, 2.24) is 10.7 Å². The third kappa shape index (κ3) is 8.86. The van der Waals surface area contributed by atoms with Crippen LogP contribution in [0.1, 0.15) is 17.5 Å². The van der Waals surface area contributed by atoms with Gasteiger partial charge < -0.3 is 20.1 Å². The zero-order valence-electron chi connectivity index (χ0n) is 17.8. The number of aryl methyl sites for hydroxylation is 1. The van der Waals surface area contributed by atoms with E-state index in [1.54, 1.807) is 37.4 Å². The number of anilines is 1. The number of carbonyl (C=O) groups is 3. The third-order valence-electron chi connectivity index (χ3n) is 4.05. The van der Waals surface area contributed by atoms with E-state index in [0.29, 0.717) is 36.6 Å². The Morgan fingerprint density at radius 1 is 1.09 bits per heavy atom. The Balaban J connectivity index is 1.90. The molecule has 0 saturated heterocycles. The minimum atomic E-state index is -0.895. The number of rotatable bonds is 10. The maximum atomic E-state index is 12.2. The van der Waals surface area contributed by atoms with Crippen LogP contribution in [-0.4, -0.2) is 50.8 Å². The molecule has 0 saturated carbocycles. The number of hydrogen-bond acceptors (Lipinski definition) is 6. The molecule has 0 atom stereocenters. The van der Waals surface area contributed by atoms with Crippen molar-refractivity contribution < 1.29 is 23.9 Å². The number of methoxy groups -OCH3 is 1. The number of carbonyl (C=O) groups excluding carboxylic acids is 3. The maximum Gasteiger partial charge on any atom is 0.329 e. The minimum absolute atomic E-state index is 0.216. The summed E-state index contributed by atoms with van der Waals surface area (Å²) < 4.78 is 11.2. The van der Waals surface area contributed by atoms with Crippen molar-refractivity contribution >= 4 is 45.6 Å². The molecule has 0 spiro atoms. The van der Waals surface area contributed by atoms with Gasteiger partial charge in [-0.3, -0.25) is 14.4 Å². The first-order valence-electron chi connectivity index (χ1n) is 9.78. The molecule has 0 unspecified atom stereocenters. The summed E-state index contributed by atoms with van der Waals surface area (Å²) in [4.78, 5) is 35.7. The van der Waals surface area contributed by atoms with Crippen LogP contribution < -0.4 is 20.8 Å². The molecule has 2 aromatic carbocycles. The van der Waals surface area contributed by atoms with Crippen molar-refractivity contribution in [3.63, 3.8) is 0 Å². The molecule has 0 aromatic heterocycles. The quantitative estimate of drug-likeness (QED) is 0.198. The van der Waals surface area contributed by atoms with E-state index in [-0.39, 0.29) is 12.5 Å². The number of nitrogens with one attached hydrogen (secondary N) is 3. The Kier molecular flexibility index (Phi) is 10.3. The predicted molar refractivity (Wildman–Crippen MR) is 125 cm³/mol. The summed E-state index contributed by atoms with van der Waals surface area (Å²) in [7, 11) is 1.56. The Hall–Kier alpha value is -3.24. The van der Waals surface area contributed by atoms with Gasteiger partial charge in [0.25, 0.3) is 5.91 Å². The first-order chi connectivity index (χ1) is 15.4. The van der Waals surface area contributed by atoms with Crippen LogP contribution in [0.15, 0.2) is 52.0 Å². The summed E-state index contributed by atoms with van der Waals surface area (Å²) in [5.74, 6) is -1.63. The molecule has 0 fully saturated rings. The van der Waals surface area contributed by atoms with Gasteiger partial charge in [-0.05, 0) is 43.7 Å². The molecule has 32 heavy (non-hydrogen) atoms. The van der Waals surface area contributed by atoms with Gasteiger partial charge in [0.05, 0.1) is 6.21 Å². The summed E-state index contributed by atoms with van der Waals surface area (Å²) in [5.41, 5.74) is 4.42. The fourth-order valence-corrected chi connectivity index (χ4v) is 2.82. The van der Waals surface area contributed by atoms with Crippen LogP contribution >= 0.6 is 15.9 Å². The molecule has 0 aliphatic carbocycles. The van der Waals surface area contributed by atoms with Gasteiger partial charge in [0.1, 0.15) is 5.75 Å². The number of amides is 3. The van der Waals surface area contributed by atoms with Gasteiger partial charge in [-0.25, -0.2) is 5.43 Å². The van der Waals surface area contributed by atoms with E-state index < -0.39 is 11.8 Å². The summed E-state index contributed by atoms with van der Waals surface area (Å²) >= 11 is 3.35. The van der Waals surface area contributed by atoms with Gasteiger partial charge >= 0.3 is 11.8 Å². The molecule has 170 valence electrons. The number of nitrogens with zero attached hydrogens (tertiary/aromatic N) is 1. The molecule has 2 aromatic rings. The van der Waals surface area contributed by atoms with Crippen LogP contribution in [-0.2, 0) is 19.1 Å². The van der Waals surface area contributed by atoms with Gasteiger partial charge in [0, 0.05) is 36.0 Å². The van der Waals surface area contributed by atoms with E-state index in [4.69, 9.17) is 9.47 Å². The highest BCUT2D eigenvalue weighted by molar-refractivity contribution is 9.10. The SMILES string of the molecule is COCCCNC(=O)C(=O)N/N=C\c1cc(Br)ccc1OCC(=O)Nc1ccc(C)cc1. The number of benzene rings is 2. The number of hydrogen-bond donors (Lipinski definition) is 3. The Labute approximate surface area is 194 Å². The van der Waals surface area contributed by atoms with E-state index in [0.717, 1.165) is 10.0 Å². The summed E-state index contributed by atoms with van der Waals surface area (Å²) in [6.07, 6.45) is 1.92. The highest BCUT2D eigenvalue weighted by Crippen LogP contribution is 2.22. The van der Waals surface area contributed by atoms with Crippen LogP contribution in [0, 0.1) is 6.92 Å². The van der Waals surface area contributed by atoms with Gasteiger partial charge in [-0.2, -0.15) is 5.10 Å². The first-order valence-corrected chi connectivity index (χ1v) is 10.6. The second-order valence-corrected chi connectivity index (χ2v) is 7.60. The monoisotopic (exact) mass is 504 g/mol. The second kappa shape index (κ2) is 13.2. The van der Waals surface area contributed by atoms with Crippen LogP contribution in [0.4, 0.5) is 5.69 Å². The lowest BCUT2D eigenvalue weighted by molar-refractivity contribution is -0.139. The molecule has 0 bridgehead atoms. The van der Waals surface area contributed by atoms with Crippen molar-refractivity contribution in [2.45, 2.75) is 13.3 Å². The van der Waals surface area contributed by atoms with Crippen molar-refractivity contribution in [2.75, 3.05) is 32.2 Å². The highest BCUT2D eigenvalue weighted by atomic mass is 79.9. The number of halogens is 1. The molecule has 3 amide bonds. The van der Waals surface area contributed by atoms with Crippen molar-refractivity contribution in [2.24, 2.45) is 5.10 Å². The number of ether oxygens (including phenoxy) is 2. The Bertz CT molecular complexity index is 963. The lowest BCUT2D eigenvalue weighted by Gasteiger charge is -2.10.